The van der Waals surface area contributed by atoms with Gasteiger partial charge < -0.3 is 14.2 Å². The van der Waals surface area contributed by atoms with Crippen LogP contribution in [-0.4, -0.2) is 92.1 Å². The van der Waals surface area contributed by atoms with Crippen molar-refractivity contribution < 1.29 is 36.7 Å². The maximum absolute atomic E-state index is 15.1. The summed E-state index contributed by atoms with van der Waals surface area (Å²) in [6, 6.07) is 9.52. The summed E-state index contributed by atoms with van der Waals surface area (Å²) >= 11 is 0. The van der Waals surface area contributed by atoms with E-state index in [0.717, 1.165) is 58.4 Å². The number of hydrogen-bond donors (Lipinski definition) is 1. The fraction of sp³-hybridized carbons (Fsp3) is 0.531. The molecule has 3 aromatic rings. The number of carbonyl (C=O) groups excluding carboxylic acids is 1. The van der Waals surface area contributed by atoms with Crippen LogP contribution in [0.3, 0.4) is 0 Å². The molecule has 2 aliphatic rings. The van der Waals surface area contributed by atoms with Gasteiger partial charge in [-0.3, -0.25) is 19.1 Å². The largest absolute Gasteiger partial charge is 0.493 e. The number of aromatic nitrogens is 2. The number of morpholine rings is 1. The molecular formula is C32H41FN4O8S. The molecule has 3 heterocycles. The Kier molecular flexibility index (Phi) is 11.1. The molecule has 1 amide bonds. The van der Waals surface area contributed by atoms with Gasteiger partial charge in [0.25, 0.3) is 11.5 Å². The highest BCUT2D eigenvalue weighted by atomic mass is 32.2. The Balaban J connectivity index is 1.23. The normalized spacial score (nSPS) is 19.1. The number of hydroxylamine groups is 1. The topological polar surface area (TPSA) is 138 Å². The highest BCUT2D eigenvalue weighted by Crippen LogP contribution is 2.28. The number of carbonyl (C=O) groups is 1. The van der Waals surface area contributed by atoms with Gasteiger partial charge >= 0.3 is 0 Å². The van der Waals surface area contributed by atoms with E-state index >= 15 is 4.39 Å². The molecule has 1 aromatic heterocycles. The third-order valence-electron chi connectivity index (χ3n) is 8.62. The molecule has 46 heavy (non-hydrogen) atoms. The summed E-state index contributed by atoms with van der Waals surface area (Å²) in [6.07, 6.45) is 4.58. The predicted molar refractivity (Wildman–Crippen MR) is 169 cm³/mol. The van der Waals surface area contributed by atoms with Crippen LogP contribution < -0.4 is 15.8 Å². The second-order valence-electron chi connectivity index (χ2n) is 11.9. The molecular weight excluding hydrogens is 619 g/mol. The van der Waals surface area contributed by atoms with E-state index in [4.69, 9.17) is 19.0 Å². The van der Waals surface area contributed by atoms with Crippen molar-refractivity contribution in [2.24, 2.45) is 0 Å². The molecule has 0 spiro atoms. The van der Waals surface area contributed by atoms with E-state index in [2.05, 4.69) is 15.4 Å². The van der Waals surface area contributed by atoms with Crippen molar-refractivity contribution in [1.29, 1.82) is 0 Å². The van der Waals surface area contributed by atoms with Crippen molar-refractivity contribution in [3.05, 3.63) is 58.9 Å². The fourth-order valence-corrected chi connectivity index (χ4v) is 6.28. The van der Waals surface area contributed by atoms with Gasteiger partial charge in [-0.2, -0.15) is 0 Å². The molecule has 2 fully saturated rings. The quantitative estimate of drug-likeness (QED) is 0.215. The Morgan fingerprint density at radius 3 is 2.65 bits per heavy atom. The van der Waals surface area contributed by atoms with Crippen LogP contribution in [-0.2, 0) is 35.5 Å². The van der Waals surface area contributed by atoms with Crippen LogP contribution in [0, 0.1) is 5.82 Å². The van der Waals surface area contributed by atoms with E-state index in [1.54, 1.807) is 30.3 Å². The molecule has 0 bridgehead atoms. The van der Waals surface area contributed by atoms with Crippen molar-refractivity contribution in [3.63, 3.8) is 0 Å². The Labute approximate surface area is 267 Å². The number of rotatable bonds is 13. The maximum atomic E-state index is 15.1. The van der Waals surface area contributed by atoms with Crippen molar-refractivity contribution in [2.75, 3.05) is 52.3 Å². The second kappa shape index (κ2) is 15.0. The van der Waals surface area contributed by atoms with Crippen molar-refractivity contribution in [1.82, 2.24) is 19.9 Å². The molecule has 0 saturated carbocycles. The van der Waals surface area contributed by atoms with Crippen LogP contribution in [0.1, 0.15) is 39.0 Å². The Morgan fingerprint density at radius 1 is 1.13 bits per heavy atom. The summed E-state index contributed by atoms with van der Waals surface area (Å²) < 4.78 is 56.5. The van der Waals surface area contributed by atoms with Crippen molar-refractivity contribution in [3.8, 4) is 16.9 Å². The van der Waals surface area contributed by atoms with E-state index in [-0.39, 0.29) is 18.4 Å². The average Bonchev–Trinajstić information content (AvgIpc) is 3.05. The Hall–Kier alpha value is -3.43. The number of hydrogen-bond acceptors (Lipinski definition) is 10. The van der Waals surface area contributed by atoms with Gasteiger partial charge in [-0.1, -0.05) is 6.07 Å². The molecule has 2 saturated heterocycles. The van der Waals surface area contributed by atoms with Crippen LogP contribution >= 0.6 is 0 Å². The molecule has 0 radical (unpaired) electrons. The maximum Gasteiger partial charge on any atom is 0.264 e. The molecule has 5 rings (SSSR count). The highest BCUT2D eigenvalue weighted by Gasteiger charge is 2.44. The number of ether oxygens (including phenoxy) is 3. The van der Waals surface area contributed by atoms with Crippen LogP contribution in [0.25, 0.3) is 22.0 Å². The first-order valence-corrected chi connectivity index (χ1v) is 17.4. The third-order valence-corrected chi connectivity index (χ3v) is 10.6. The number of amides is 1. The van der Waals surface area contributed by atoms with Gasteiger partial charge in [0.05, 0.1) is 37.1 Å². The molecule has 12 nitrogen and oxygen atoms in total. The number of aryl methyl sites for hydroxylation is 1. The summed E-state index contributed by atoms with van der Waals surface area (Å²) in [4.78, 5) is 38.3. The van der Waals surface area contributed by atoms with Crippen LogP contribution in [0.15, 0.2) is 47.5 Å². The molecule has 2 atom stereocenters. The zero-order valence-corrected chi connectivity index (χ0v) is 27.0. The lowest BCUT2D eigenvalue weighted by molar-refractivity contribution is -0.201. The minimum Gasteiger partial charge on any atom is -0.493 e. The number of nitrogens with zero attached hydrogens (tertiary/aromatic N) is 3. The number of halogens is 1. The van der Waals surface area contributed by atoms with E-state index in [1.807, 2.05) is 0 Å². The van der Waals surface area contributed by atoms with Crippen LogP contribution in [0.2, 0.25) is 0 Å². The van der Waals surface area contributed by atoms with Gasteiger partial charge in [0.15, 0.2) is 20.9 Å². The molecule has 2 aliphatic heterocycles. The average molecular weight is 661 g/mol. The first-order chi connectivity index (χ1) is 22.0. The van der Waals surface area contributed by atoms with Gasteiger partial charge in [0.2, 0.25) is 0 Å². The van der Waals surface area contributed by atoms with Crippen LogP contribution in [0.5, 0.6) is 5.75 Å². The van der Waals surface area contributed by atoms with E-state index in [9.17, 15) is 18.0 Å². The molecule has 1 N–H and O–H groups in total. The molecule has 0 aliphatic carbocycles. The Bertz CT molecular complexity index is 1690. The first kappa shape index (κ1) is 33.9. The standard InChI is InChI=1S/C32H41FN4O8S/c1-32(46(2,40)41,31(39)35-45-29-6-3-4-16-44-29)11-13-37-22-34-28-20-23(7-9-26(28)30(37)38)25-10-8-24(21-27(25)33)43-17-5-12-36-14-18-42-19-15-36/h7-10,20-22,29H,3-6,11-19H2,1-2H3,(H,35,39). The minimum atomic E-state index is -3.92. The number of fused-ring (bicyclic) bond motifs is 1. The third kappa shape index (κ3) is 8.10. The van der Waals surface area contributed by atoms with E-state index in [0.29, 0.717) is 42.0 Å². The smallest absolute Gasteiger partial charge is 0.264 e. The Morgan fingerprint density at radius 2 is 1.93 bits per heavy atom. The highest BCUT2D eigenvalue weighted by molar-refractivity contribution is 7.92. The zero-order chi connectivity index (χ0) is 32.7. The lowest BCUT2D eigenvalue weighted by atomic mass is 10.0. The van der Waals surface area contributed by atoms with Gasteiger partial charge in [-0.25, -0.2) is 28.1 Å². The zero-order valence-electron chi connectivity index (χ0n) is 26.2. The summed E-state index contributed by atoms with van der Waals surface area (Å²) in [5, 5.41) is 0.273. The summed E-state index contributed by atoms with van der Waals surface area (Å²) in [5.74, 6) is -0.869. The number of nitrogens with one attached hydrogen (secondary N) is 1. The van der Waals surface area contributed by atoms with Crippen molar-refractivity contribution >= 4 is 26.6 Å². The van der Waals surface area contributed by atoms with E-state index < -0.39 is 38.2 Å². The second-order valence-corrected chi connectivity index (χ2v) is 14.3. The van der Waals surface area contributed by atoms with Gasteiger partial charge in [0, 0.05) is 57.1 Å². The van der Waals surface area contributed by atoms with Crippen molar-refractivity contribution in [2.45, 2.75) is 56.6 Å². The first-order valence-electron chi connectivity index (χ1n) is 15.5. The van der Waals surface area contributed by atoms with E-state index in [1.165, 1.54) is 23.9 Å². The summed E-state index contributed by atoms with van der Waals surface area (Å²) in [5.41, 5.74) is 3.06. The number of benzene rings is 2. The molecule has 2 aromatic carbocycles. The summed E-state index contributed by atoms with van der Waals surface area (Å²) in [6.45, 7) is 6.37. The lowest BCUT2D eigenvalue weighted by Crippen LogP contribution is -2.51. The minimum absolute atomic E-state index is 0.0943. The SMILES string of the molecule is CC(CCn1cnc2cc(-c3ccc(OCCCN4CCOCC4)cc3F)ccc2c1=O)(C(=O)NOC1CCCCO1)S(C)(=O)=O. The molecule has 250 valence electrons. The monoisotopic (exact) mass is 660 g/mol. The van der Waals surface area contributed by atoms with Gasteiger partial charge in [0.1, 0.15) is 11.6 Å². The van der Waals surface area contributed by atoms with Crippen LogP contribution in [0.4, 0.5) is 4.39 Å². The fourth-order valence-electron chi connectivity index (χ4n) is 5.44. The number of sulfone groups is 1. The van der Waals surface area contributed by atoms with Gasteiger partial charge in [-0.15, -0.1) is 0 Å². The lowest BCUT2D eigenvalue weighted by Gasteiger charge is -2.28. The summed E-state index contributed by atoms with van der Waals surface area (Å²) in [7, 11) is -3.92. The van der Waals surface area contributed by atoms with Gasteiger partial charge in [-0.05, 0) is 62.4 Å². The molecule has 14 heteroatoms. The predicted octanol–water partition coefficient (Wildman–Crippen LogP) is 3.07. The molecule has 2 unspecified atom stereocenters.